The zero-order valence-corrected chi connectivity index (χ0v) is 10.8. The maximum absolute atomic E-state index is 9.02. The Morgan fingerprint density at radius 3 is 2.80 bits per heavy atom. The number of benzene rings is 2. The Balaban J connectivity index is 2.05. The van der Waals surface area contributed by atoms with Crippen LogP contribution in [0.4, 0.5) is 5.69 Å². The minimum Gasteiger partial charge on any atom is -0.436 e. The number of anilines is 1. The lowest BCUT2D eigenvalue weighted by Gasteiger charge is -2.08. The Bertz CT molecular complexity index is 704. The van der Waals surface area contributed by atoms with Crippen LogP contribution < -0.4 is 11.3 Å². The van der Waals surface area contributed by atoms with Crippen LogP contribution in [0.1, 0.15) is 5.56 Å². The molecule has 0 spiro atoms. The van der Waals surface area contributed by atoms with E-state index in [1.165, 1.54) is 0 Å². The van der Waals surface area contributed by atoms with Crippen molar-refractivity contribution in [3.05, 3.63) is 48.0 Å². The largest absolute Gasteiger partial charge is 0.436 e. The molecule has 0 atom stereocenters. The summed E-state index contributed by atoms with van der Waals surface area (Å²) in [6.07, 6.45) is 0.549. The molecule has 4 N–H and O–H groups in total. The Kier molecular flexibility index (Phi) is 3.37. The van der Waals surface area contributed by atoms with E-state index in [2.05, 4.69) is 10.4 Å². The van der Waals surface area contributed by atoms with Crippen LogP contribution in [0.2, 0.25) is 0 Å². The minimum absolute atomic E-state index is 0.0803. The number of hydrogen-bond acceptors (Lipinski definition) is 5. The Morgan fingerprint density at radius 1 is 1.20 bits per heavy atom. The van der Waals surface area contributed by atoms with E-state index in [0.29, 0.717) is 12.3 Å². The number of nitrogens with zero attached hydrogens (tertiary/aromatic N) is 1. The highest BCUT2D eigenvalue weighted by Crippen LogP contribution is 2.27. The number of rotatable bonds is 4. The predicted molar refractivity (Wildman–Crippen MR) is 78.0 cm³/mol. The van der Waals surface area contributed by atoms with Gasteiger partial charge >= 0.3 is 0 Å². The Morgan fingerprint density at radius 2 is 2.05 bits per heavy atom. The van der Waals surface area contributed by atoms with Gasteiger partial charge in [-0.25, -0.2) is 4.98 Å². The second-order valence-corrected chi connectivity index (χ2v) is 4.48. The Hall–Kier alpha value is -2.37. The molecular weight excluding hydrogens is 254 g/mol. The molecule has 0 bridgehead atoms. The van der Waals surface area contributed by atoms with Crippen molar-refractivity contribution < 1.29 is 9.52 Å². The number of oxazole rings is 1. The summed E-state index contributed by atoms with van der Waals surface area (Å²) in [6, 6.07) is 13.3. The molecule has 0 aliphatic carbocycles. The lowest BCUT2D eigenvalue weighted by Crippen LogP contribution is -2.10. The molecule has 2 aromatic carbocycles. The first-order chi connectivity index (χ1) is 9.81. The molecule has 3 aromatic rings. The van der Waals surface area contributed by atoms with Gasteiger partial charge in [-0.15, -0.1) is 0 Å². The van der Waals surface area contributed by atoms with E-state index in [1.54, 1.807) is 0 Å². The number of nitrogens with one attached hydrogen (secondary N) is 1. The number of para-hydroxylation sites is 2. The van der Waals surface area contributed by atoms with Crippen molar-refractivity contribution in [2.24, 2.45) is 5.84 Å². The van der Waals surface area contributed by atoms with E-state index in [4.69, 9.17) is 15.4 Å². The van der Waals surface area contributed by atoms with Gasteiger partial charge < -0.3 is 14.9 Å². The van der Waals surface area contributed by atoms with Gasteiger partial charge in [0, 0.05) is 12.2 Å². The zero-order chi connectivity index (χ0) is 13.9. The summed E-state index contributed by atoms with van der Waals surface area (Å²) in [7, 11) is 0. The maximum atomic E-state index is 9.02. The third-order valence-corrected chi connectivity index (χ3v) is 3.19. The van der Waals surface area contributed by atoms with Crippen molar-refractivity contribution in [1.29, 1.82) is 0 Å². The lowest BCUT2D eigenvalue weighted by atomic mass is 10.1. The standard InChI is InChI=1S/C15H15N3O2/c16-18-13-9-11(6-5-10(13)7-8-19)15-17-12-3-1-2-4-14(12)20-15/h1-6,9,18-19H,7-8,16H2. The van der Waals surface area contributed by atoms with Gasteiger partial charge in [0.15, 0.2) is 5.58 Å². The fraction of sp³-hybridized carbons (Fsp3) is 0.133. The first-order valence-corrected chi connectivity index (χ1v) is 6.38. The quantitative estimate of drug-likeness (QED) is 0.500. The number of hydrazine groups is 1. The van der Waals surface area contributed by atoms with Crippen LogP contribution in [-0.4, -0.2) is 16.7 Å². The van der Waals surface area contributed by atoms with Crippen LogP contribution in [0.3, 0.4) is 0 Å². The van der Waals surface area contributed by atoms with Crippen LogP contribution in [0, 0.1) is 0 Å². The van der Waals surface area contributed by atoms with Gasteiger partial charge in [0.1, 0.15) is 5.52 Å². The summed E-state index contributed by atoms with van der Waals surface area (Å²) in [5, 5.41) is 9.02. The van der Waals surface area contributed by atoms with Crippen LogP contribution in [-0.2, 0) is 6.42 Å². The fourth-order valence-electron chi connectivity index (χ4n) is 2.18. The first-order valence-electron chi connectivity index (χ1n) is 6.38. The molecule has 3 rings (SSSR count). The number of aliphatic hydroxyl groups excluding tert-OH is 1. The number of nitrogen functional groups attached to an aromatic ring is 1. The molecule has 5 nitrogen and oxygen atoms in total. The first kappa shape index (κ1) is 12.7. The molecule has 0 aliphatic heterocycles. The van der Waals surface area contributed by atoms with Gasteiger partial charge in [0.05, 0.1) is 5.69 Å². The third kappa shape index (κ3) is 2.24. The van der Waals surface area contributed by atoms with E-state index in [9.17, 15) is 0 Å². The average Bonchev–Trinajstić information content (AvgIpc) is 2.92. The van der Waals surface area contributed by atoms with E-state index in [0.717, 1.165) is 27.9 Å². The third-order valence-electron chi connectivity index (χ3n) is 3.19. The molecule has 0 unspecified atom stereocenters. The van der Waals surface area contributed by atoms with Crippen molar-refractivity contribution in [3.8, 4) is 11.5 Å². The summed E-state index contributed by atoms with van der Waals surface area (Å²) in [5.74, 6) is 6.07. The van der Waals surface area contributed by atoms with Crippen LogP contribution in [0.25, 0.3) is 22.6 Å². The molecule has 0 saturated heterocycles. The van der Waals surface area contributed by atoms with Crippen LogP contribution in [0.15, 0.2) is 46.9 Å². The molecule has 0 amide bonds. The van der Waals surface area contributed by atoms with Gasteiger partial charge in [0.25, 0.3) is 0 Å². The number of aliphatic hydroxyl groups is 1. The average molecular weight is 269 g/mol. The second kappa shape index (κ2) is 5.32. The van der Waals surface area contributed by atoms with Crippen LogP contribution >= 0.6 is 0 Å². The van der Waals surface area contributed by atoms with Crippen LogP contribution in [0.5, 0.6) is 0 Å². The number of aromatic nitrogens is 1. The normalized spacial score (nSPS) is 10.9. The SMILES string of the molecule is NNc1cc(-c2nc3ccccc3o2)ccc1CCO. The topological polar surface area (TPSA) is 84.3 Å². The smallest absolute Gasteiger partial charge is 0.227 e. The zero-order valence-electron chi connectivity index (χ0n) is 10.8. The lowest BCUT2D eigenvalue weighted by molar-refractivity contribution is 0.300. The fourth-order valence-corrected chi connectivity index (χ4v) is 2.18. The number of nitrogens with two attached hydrogens (primary N) is 1. The van der Waals surface area contributed by atoms with Crippen molar-refractivity contribution in [2.75, 3.05) is 12.0 Å². The van der Waals surface area contributed by atoms with E-state index in [1.807, 2.05) is 42.5 Å². The predicted octanol–water partition coefficient (Wildman–Crippen LogP) is 2.32. The van der Waals surface area contributed by atoms with Gasteiger partial charge in [-0.3, -0.25) is 5.84 Å². The molecular formula is C15H15N3O2. The van der Waals surface area contributed by atoms with Gasteiger partial charge in [-0.1, -0.05) is 18.2 Å². The van der Waals surface area contributed by atoms with E-state index in [-0.39, 0.29) is 6.61 Å². The summed E-state index contributed by atoms with van der Waals surface area (Å²) in [5.41, 5.74) is 6.78. The van der Waals surface area contributed by atoms with Gasteiger partial charge in [0.2, 0.25) is 5.89 Å². The molecule has 1 aromatic heterocycles. The summed E-state index contributed by atoms with van der Waals surface area (Å²) < 4.78 is 5.72. The molecule has 102 valence electrons. The minimum atomic E-state index is 0.0803. The monoisotopic (exact) mass is 269 g/mol. The van der Waals surface area contributed by atoms with Crippen molar-refractivity contribution in [2.45, 2.75) is 6.42 Å². The highest BCUT2D eigenvalue weighted by molar-refractivity contribution is 5.77. The van der Waals surface area contributed by atoms with Crippen molar-refractivity contribution >= 4 is 16.8 Å². The molecule has 5 heteroatoms. The van der Waals surface area contributed by atoms with Gasteiger partial charge in [-0.2, -0.15) is 0 Å². The summed E-state index contributed by atoms with van der Waals surface area (Å²) in [4.78, 5) is 4.45. The molecule has 0 radical (unpaired) electrons. The summed E-state index contributed by atoms with van der Waals surface area (Å²) >= 11 is 0. The highest BCUT2D eigenvalue weighted by atomic mass is 16.3. The van der Waals surface area contributed by atoms with E-state index >= 15 is 0 Å². The Labute approximate surface area is 116 Å². The molecule has 0 fully saturated rings. The summed E-state index contributed by atoms with van der Waals surface area (Å²) in [6.45, 7) is 0.0803. The molecule has 0 saturated carbocycles. The second-order valence-electron chi connectivity index (χ2n) is 4.48. The highest BCUT2D eigenvalue weighted by Gasteiger charge is 2.10. The van der Waals surface area contributed by atoms with Crippen molar-refractivity contribution in [3.63, 3.8) is 0 Å². The van der Waals surface area contributed by atoms with E-state index < -0.39 is 0 Å². The molecule has 0 aliphatic rings. The maximum Gasteiger partial charge on any atom is 0.227 e. The van der Waals surface area contributed by atoms with Crippen molar-refractivity contribution in [1.82, 2.24) is 4.98 Å². The molecule has 20 heavy (non-hydrogen) atoms. The number of fused-ring (bicyclic) bond motifs is 1. The van der Waals surface area contributed by atoms with Gasteiger partial charge in [-0.05, 0) is 36.2 Å². The number of hydrogen-bond donors (Lipinski definition) is 3. The molecule has 1 heterocycles.